The van der Waals surface area contributed by atoms with Crippen LogP contribution in [0.2, 0.25) is 0 Å². The smallest absolute Gasteiger partial charge is 0.194 e. The molecule has 1 unspecified atom stereocenters. The molecule has 2 aromatic rings. The Morgan fingerprint density at radius 3 is 2.89 bits per heavy atom. The predicted octanol–water partition coefficient (Wildman–Crippen LogP) is 3.80. The third-order valence-corrected chi connectivity index (χ3v) is 4.94. The van der Waals surface area contributed by atoms with E-state index in [1.54, 1.807) is 0 Å². The number of nitrogens with zero attached hydrogens (tertiary/aromatic N) is 3. The van der Waals surface area contributed by atoms with Gasteiger partial charge in [-0.1, -0.05) is 49.3 Å². The Bertz CT molecular complexity index is 742. The van der Waals surface area contributed by atoms with E-state index in [-0.39, 0.29) is 0 Å². The minimum absolute atomic E-state index is 0.366. The number of hydrogen-bond acceptors (Lipinski definition) is 4. The van der Waals surface area contributed by atoms with Gasteiger partial charge >= 0.3 is 0 Å². The van der Waals surface area contributed by atoms with Crippen LogP contribution in [0.3, 0.4) is 0 Å². The normalized spacial score (nSPS) is 17.5. The van der Waals surface area contributed by atoms with Crippen LogP contribution in [-0.2, 0) is 17.9 Å². The summed E-state index contributed by atoms with van der Waals surface area (Å²) in [6.07, 6.45) is 1.12. The van der Waals surface area contributed by atoms with E-state index in [2.05, 4.69) is 48.3 Å². The SMILES string of the molecule is CCNC(=NCc1cc(C(C)C)no1)N1CCC(COCc2ccccc2)C1. The minimum atomic E-state index is 0.366. The summed E-state index contributed by atoms with van der Waals surface area (Å²) in [4.78, 5) is 7.08. The standard InChI is InChI=1S/C22H32N4O2/c1-4-23-22(24-13-20-12-21(17(2)3)25-28-20)26-11-10-19(14-26)16-27-15-18-8-6-5-7-9-18/h5-9,12,17,19H,4,10-11,13-16H2,1-3H3,(H,23,24). The number of aromatic nitrogens is 1. The molecule has 1 aromatic carbocycles. The molecule has 1 saturated heterocycles. The summed E-state index contributed by atoms with van der Waals surface area (Å²) >= 11 is 0. The quantitative estimate of drug-likeness (QED) is 0.554. The molecule has 1 aromatic heterocycles. The molecule has 0 aliphatic carbocycles. The van der Waals surface area contributed by atoms with Gasteiger partial charge in [-0.3, -0.25) is 0 Å². The second-order valence-corrected chi connectivity index (χ2v) is 7.64. The van der Waals surface area contributed by atoms with E-state index in [4.69, 9.17) is 14.3 Å². The molecule has 28 heavy (non-hydrogen) atoms. The lowest BCUT2D eigenvalue weighted by Crippen LogP contribution is -2.40. The Morgan fingerprint density at radius 2 is 2.18 bits per heavy atom. The van der Waals surface area contributed by atoms with Crippen LogP contribution in [0.25, 0.3) is 0 Å². The molecule has 6 heteroatoms. The summed E-state index contributed by atoms with van der Waals surface area (Å²) in [5.74, 6) is 2.65. The van der Waals surface area contributed by atoms with E-state index in [1.165, 1.54) is 5.56 Å². The highest BCUT2D eigenvalue weighted by Gasteiger charge is 2.25. The molecular weight excluding hydrogens is 352 g/mol. The molecule has 2 heterocycles. The summed E-state index contributed by atoms with van der Waals surface area (Å²) in [5, 5.41) is 7.51. The lowest BCUT2D eigenvalue weighted by molar-refractivity contribution is 0.0906. The van der Waals surface area contributed by atoms with Crippen LogP contribution in [0.5, 0.6) is 0 Å². The van der Waals surface area contributed by atoms with Gasteiger partial charge in [0.15, 0.2) is 11.7 Å². The van der Waals surface area contributed by atoms with Gasteiger partial charge in [-0.15, -0.1) is 0 Å². The number of hydrogen-bond donors (Lipinski definition) is 1. The van der Waals surface area contributed by atoms with Gasteiger partial charge in [0.05, 0.1) is 18.9 Å². The van der Waals surface area contributed by atoms with Crippen LogP contribution in [-0.4, -0.2) is 42.3 Å². The highest BCUT2D eigenvalue weighted by atomic mass is 16.5. The first-order valence-corrected chi connectivity index (χ1v) is 10.3. The van der Waals surface area contributed by atoms with Crippen LogP contribution >= 0.6 is 0 Å². The van der Waals surface area contributed by atoms with Crippen molar-refractivity contribution in [2.24, 2.45) is 10.9 Å². The van der Waals surface area contributed by atoms with Crippen molar-refractivity contribution in [3.8, 4) is 0 Å². The highest BCUT2D eigenvalue weighted by Crippen LogP contribution is 2.18. The van der Waals surface area contributed by atoms with Crippen molar-refractivity contribution in [3.63, 3.8) is 0 Å². The molecule has 1 N–H and O–H groups in total. The third-order valence-electron chi connectivity index (χ3n) is 4.94. The first-order chi connectivity index (χ1) is 13.7. The fourth-order valence-electron chi connectivity index (χ4n) is 3.33. The Hall–Kier alpha value is -2.34. The molecule has 0 bridgehead atoms. The molecule has 0 spiro atoms. The van der Waals surface area contributed by atoms with E-state index < -0.39 is 0 Å². The predicted molar refractivity (Wildman–Crippen MR) is 111 cm³/mol. The van der Waals surface area contributed by atoms with Gasteiger partial charge < -0.3 is 19.5 Å². The molecule has 0 amide bonds. The molecule has 3 rings (SSSR count). The van der Waals surface area contributed by atoms with E-state index in [0.717, 1.165) is 50.1 Å². The molecule has 1 fully saturated rings. The Balaban J connectivity index is 1.49. The molecule has 152 valence electrons. The van der Waals surface area contributed by atoms with Gasteiger partial charge in [-0.25, -0.2) is 4.99 Å². The van der Waals surface area contributed by atoms with Gasteiger partial charge in [-0.2, -0.15) is 0 Å². The van der Waals surface area contributed by atoms with Crippen LogP contribution in [0, 0.1) is 5.92 Å². The molecule has 6 nitrogen and oxygen atoms in total. The molecular formula is C22H32N4O2. The van der Waals surface area contributed by atoms with Gasteiger partial charge in [0, 0.05) is 31.6 Å². The number of ether oxygens (including phenoxy) is 1. The Morgan fingerprint density at radius 1 is 1.36 bits per heavy atom. The topological polar surface area (TPSA) is 62.9 Å². The Labute approximate surface area is 168 Å². The molecule has 1 aliphatic rings. The van der Waals surface area contributed by atoms with Crippen molar-refractivity contribution in [2.75, 3.05) is 26.2 Å². The average Bonchev–Trinajstić information content (AvgIpc) is 3.36. The first-order valence-electron chi connectivity index (χ1n) is 10.3. The van der Waals surface area contributed by atoms with Gasteiger partial charge in [0.25, 0.3) is 0 Å². The maximum Gasteiger partial charge on any atom is 0.194 e. The number of guanidine groups is 1. The summed E-state index contributed by atoms with van der Waals surface area (Å²) in [7, 11) is 0. The zero-order chi connectivity index (χ0) is 19.8. The highest BCUT2D eigenvalue weighted by molar-refractivity contribution is 5.80. The minimum Gasteiger partial charge on any atom is -0.376 e. The Kier molecular flexibility index (Phi) is 7.48. The lowest BCUT2D eigenvalue weighted by atomic mass is 10.1. The molecule has 0 radical (unpaired) electrons. The zero-order valence-electron chi connectivity index (χ0n) is 17.2. The van der Waals surface area contributed by atoms with Crippen molar-refractivity contribution in [3.05, 3.63) is 53.4 Å². The van der Waals surface area contributed by atoms with E-state index >= 15 is 0 Å². The number of likely N-dealkylation sites (tertiary alicyclic amines) is 1. The first kappa shape index (κ1) is 20.4. The van der Waals surface area contributed by atoms with Gasteiger partial charge in [0.2, 0.25) is 0 Å². The van der Waals surface area contributed by atoms with E-state index in [0.29, 0.717) is 25.0 Å². The number of nitrogens with one attached hydrogen (secondary N) is 1. The van der Waals surface area contributed by atoms with Crippen molar-refractivity contribution >= 4 is 5.96 Å². The van der Waals surface area contributed by atoms with Crippen molar-refractivity contribution in [1.82, 2.24) is 15.4 Å². The zero-order valence-corrected chi connectivity index (χ0v) is 17.2. The maximum absolute atomic E-state index is 5.94. The fourth-order valence-corrected chi connectivity index (χ4v) is 3.33. The molecule has 1 aliphatic heterocycles. The van der Waals surface area contributed by atoms with Crippen LogP contribution < -0.4 is 5.32 Å². The number of aliphatic imine (C=N–C) groups is 1. The van der Waals surface area contributed by atoms with Crippen molar-refractivity contribution < 1.29 is 9.26 Å². The fraction of sp³-hybridized carbons (Fsp3) is 0.545. The van der Waals surface area contributed by atoms with Crippen molar-refractivity contribution in [2.45, 2.75) is 46.3 Å². The lowest BCUT2D eigenvalue weighted by Gasteiger charge is -2.21. The number of rotatable bonds is 8. The van der Waals surface area contributed by atoms with E-state index in [1.807, 2.05) is 24.3 Å². The maximum atomic E-state index is 5.94. The summed E-state index contributed by atoms with van der Waals surface area (Å²) < 4.78 is 11.3. The molecule has 1 atom stereocenters. The van der Waals surface area contributed by atoms with Crippen LogP contribution in [0.1, 0.15) is 50.1 Å². The second kappa shape index (κ2) is 10.3. The summed E-state index contributed by atoms with van der Waals surface area (Å²) in [6.45, 7) is 11.1. The van der Waals surface area contributed by atoms with Gasteiger partial charge in [0.1, 0.15) is 6.54 Å². The van der Waals surface area contributed by atoms with E-state index in [9.17, 15) is 0 Å². The third kappa shape index (κ3) is 5.83. The average molecular weight is 385 g/mol. The molecule has 0 saturated carbocycles. The van der Waals surface area contributed by atoms with Crippen LogP contribution in [0.15, 0.2) is 45.9 Å². The second-order valence-electron chi connectivity index (χ2n) is 7.64. The monoisotopic (exact) mass is 384 g/mol. The number of benzene rings is 1. The van der Waals surface area contributed by atoms with Crippen molar-refractivity contribution in [1.29, 1.82) is 0 Å². The van der Waals surface area contributed by atoms with Gasteiger partial charge in [-0.05, 0) is 24.8 Å². The summed E-state index contributed by atoms with van der Waals surface area (Å²) in [5.41, 5.74) is 2.20. The largest absolute Gasteiger partial charge is 0.376 e. The van der Waals surface area contributed by atoms with Crippen LogP contribution in [0.4, 0.5) is 0 Å². The summed E-state index contributed by atoms with van der Waals surface area (Å²) in [6, 6.07) is 12.3.